The minimum atomic E-state index is -0.630. The van der Waals surface area contributed by atoms with E-state index in [0.29, 0.717) is 28.7 Å². The van der Waals surface area contributed by atoms with Crippen LogP contribution in [0, 0.1) is 19.3 Å². The van der Waals surface area contributed by atoms with Crippen molar-refractivity contribution in [2.45, 2.75) is 92.9 Å². The highest BCUT2D eigenvalue weighted by atomic mass is 16.7. The van der Waals surface area contributed by atoms with Gasteiger partial charge in [0.2, 0.25) is 0 Å². The average Bonchev–Trinajstić information content (AvgIpc) is 2.97. The van der Waals surface area contributed by atoms with Crippen molar-refractivity contribution in [2.75, 3.05) is 5.73 Å². The first-order valence-corrected chi connectivity index (χ1v) is 12.9. The molecular formula is C29H42BN3O4. The molecule has 1 aliphatic rings. The Kier molecular flexibility index (Phi) is 7.88. The zero-order valence-electron chi connectivity index (χ0n) is 24.0. The molecule has 2 amide bonds. The fraction of sp³-hybridized carbons (Fsp3) is 0.517. The van der Waals surface area contributed by atoms with Gasteiger partial charge in [0.25, 0.3) is 11.8 Å². The molecule has 0 bridgehead atoms. The van der Waals surface area contributed by atoms with Crippen LogP contribution in [0.3, 0.4) is 0 Å². The van der Waals surface area contributed by atoms with Gasteiger partial charge < -0.3 is 15.0 Å². The predicted molar refractivity (Wildman–Crippen MR) is 150 cm³/mol. The van der Waals surface area contributed by atoms with Crippen LogP contribution in [-0.2, 0) is 9.31 Å². The summed E-state index contributed by atoms with van der Waals surface area (Å²) in [5.41, 5.74) is 11.9. The van der Waals surface area contributed by atoms with Gasteiger partial charge in [-0.3, -0.25) is 15.0 Å². The summed E-state index contributed by atoms with van der Waals surface area (Å²) in [6, 6.07) is 10.5. The van der Waals surface area contributed by atoms with Crippen LogP contribution in [0.5, 0.6) is 0 Å². The molecule has 1 unspecified atom stereocenters. The number of nitrogens with two attached hydrogens (primary N) is 1. The fourth-order valence-corrected chi connectivity index (χ4v) is 4.76. The molecule has 1 heterocycles. The topological polar surface area (TPSA) is 93.9 Å². The number of nitrogens with zero attached hydrogens (tertiary/aromatic N) is 1. The summed E-state index contributed by atoms with van der Waals surface area (Å²) in [6.45, 7) is 20.0. The molecule has 8 heteroatoms. The van der Waals surface area contributed by atoms with Gasteiger partial charge in [-0.1, -0.05) is 51.0 Å². The van der Waals surface area contributed by atoms with Gasteiger partial charge in [-0.05, 0) is 77.6 Å². The van der Waals surface area contributed by atoms with Crippen molar-refractivity contribution in [1.82, 2.24) is 10.4 Å². The number of rotatable bonds is 5. The second-order valence-corrected chi connectivity index (χ2v) is 12.2. The van der Waals surface area contributed by atoms with Gasteiger partial charge in [0, 0.05) is 22.3 Å². The van der Waals surface area contributed by atoms with Crippen molar-refractivity contribution >= 4 is 30.1 Å². The van der Waals surface area contributed by atoms with E-state index < -0.39 is 24.2 Å². The van der Waals surface area contributed by atoms with Crippen LogP contribution >= 0.6 is 0 Å². The number of carbonyl (C=O) groups excluding carboxylic acids is 2. The van der Waals surface area contributed by atoms with Crippen molar-refractivity contribution in [1.29, 1.82) is 0 Å². The average molecular weight is 507 g/mol. The Labute approximate surface area is 222 Å². The van der Waals surface area contributed by atoms with Crippen molar-refractivity contribution in [2.24, 2.45) is 5.41 Å². The van der Waals surface area contributed by atoms with Crippen LogP contribution in [0.25, 0.3) is 0 Å². The molecule has 200 valence electrons. The maximum atomic E-state index is 13.7. The number of hydrogen-bond donors (Lipinski definition) is 2. The van der Waals surface area contributed by atoms with E-state index in [9.17, 15) is 9.59 Å². The first-order chi connectivity index (χ1) is 17.0. The number of hydrazine groups is 1. The number of amides is 2. The molecule has 7 nitrogen and oxygen atoms in total. The van der Waals surface area contributed by atoms with Gasteiger partial charge in [-0.15, -0.1) is 0 Å². The Morgan fingerprint density at radius 2 is 1.51 bits per heavy atom. The molecular weight excluding hydrogens is 465 g/mol. The highest BCUT2D eigenvalue weighted by Gasteiger charge is 2.52. The monoisotopic (exact) mass is 507 g/mol. The maximum absolute atomic E-state index is 13.7. The van der Waals surface area contributed by atoms with Gasteiger partial charge in [-0.2, -0.15) is 0 Å². The van der Waals surface area contributed by atoms with Crippen molar-refractivity contribution in [3.63, 3.8) is 0 Å². The zero-order valence-corrected chi connectivity index (χ0v) is 24.0. The van der Waals surface area contributed by atoms with E-state index in [1.54, 1.807) is 18.2 Å². The molecule has 2 aromatic carbocycles. The van der Waals surface area contributed by atoms with E-state index in [0.717, 1.165) is 11.1 Å². The second kappa shape index (κ2) is 10.1. The summed E-state index contributed by atoms with van der Waals surface area (Å²) in [5, 5.41) is 1.48. The molecule has 0 spiro atoms. The third-order valence-corrected chi connectivity index (χ3v) is 7.46. The third-order valence-electron chi connectivity index (χ3n) is 7.46. The van der Waals surface area contributed by atoms with Crippen LogP contribution in [-0.4, -0.2) is 41.2 Å². The lowest BCUT2D eigenvalue weighted by Crippen LogP contribution is -2.56. The van der Waals surface area contributed by atoms with Crippen molar-refractivity contribution < 1.29 is 18.9 Å². The fourth-order valence-electron chi connectivity index (χ4n) is 4.76. The van der Waals surface area contributed by atoms with Gasteiger partial charge in [0.1, 0.15) is 0 Å². The Balaban J connectivity index is 1.91. The van der Waals surface area contributed by atoms with Crippen LogP contribution < -0.4 is 16.6 Å². The summed E-state index contributed by atoms with van der Waals surface area (Å²) in [7, 11) is -0.630. The number of nitrogen functional groups attached to an aromatic ring is 1. The van der Waals surface area contributed by atoms with E-state index in [1.807, 2.05) is 66.7 Å². The number of benzene rings is 2. The normalized spacial score (nSPS) is 17.4. The molecule has 3 N–H and O–H groups in total. The summed E-state index contributed by atoms with van der Waals surface area (Å²) < 4.78 is 12.2. The largest absolute Gasteiger partial charge is 0.496 e. The molecule has 2 aromatic rings. The molecule has 0 aromatic heterocycles. The summed E-state index contributed by atoms with van der Waals surface area (Å²) in [4.78, 5) is 27.2. The molecule has 1 fully saturated rings. The zero-order chi connectivity index (χ0) is 27.9. The summed E-state index contributed by atoms with van der Waals surface area (Å²) >= 11 is 0. The SMILES string of the molecule is CCC(N(NC(=O)c1ccc(B2OC(C)(C)C(C)(C)O2)c(N)c1)C(=O)c1cc(C)cc(C)c1)C(C)(C)C. The van der Waals surface area contributed by atoms with Gasteiger partial charge >= 0.3 is 7.12 Å². The van der Waals surface area contributed by atoms with E-state index in [4.69, 9.17) is 15.0 Å². The van der Waals surface area contributed by atoms with Crippen LogP contribution in [0.2, 0.25) is 0 Å². The smallest absolute Gasteiger partial charge is 0.399 e. The van der Waals surface area contributed by atoms with E-state index >= 15 is 0 Å². The van der Waals surface area contributed by atoms with Crippen LogP contribution in [0.4, 0.5) is 5.69 Å². The lowest BCUT2D eigenvalue weighted by atomic mass is 9.77. The van der Waals surface area contributed by atoms with Gasteiger partial charge in [-0.25, -0.2) is 5.01 Å². The number of hydrogen-bond acceptors (Lipinski definition) is 5. The third kappa shape index (κ3) is 6.02. The number of nitrogens with one attached hydrogen (secondary N) is 1. The quantitative estimate of drug-likeness (QED) is 0.345. The number of carbonyl (C=O) groups is 2. The highest BCUT2D eigenvalue weighted by Crippen LogP contribution is 2.37. The Bertz CT molecular complexity index is 1150. The Morgan fingerprint density at radius 1 is 0.973 bits per heavy atom. The first-order valence-electron chi connectivity index (χ1n) is 12.9. The minimum Gasteiger partial charge on any atom is -0.399 e. The predicted octanol–water partition coefficient (Wildman–Crippen LogP) is 4.80. The van der Waals surface area contributed by atoms with Gasteiger partial charge in [0.15, 0.2) is 0 Å². The summed E-state index contributed by atoms with van der Waals surface area (Å²) in [5.74, 6) is -0.656. The first kappa shape index (κ1) is 28.7. The molecule has 0 radical (unpaired) electrons. The highest BCUT2D eigenvalue weighted by molar-refractivity contribution is 6.63. The molecule has 0 aliphatic carbocycles. The minimum absolute atomic E-state index is 0.230. The van der Waals surface area contributed by atoms with Crippen molar-refractivity contribution in [3.8, 4) is 0 Å². The molecule has 3 rings (SSSR count). The lowest BCUT2D eigenvalue weighted by Gasteiger charge is -2.39. The Morgan fingerprint density at radius 3 is 1.97 bits per heavy atom. The van der Waals surface area contributed by atoms with Crippen LogP contribution in [0.1, 0.15) is 93.7 Å². The summed E-state index contributed by atoms with van der Waals surface area (Å²) in [6.07, 6.45) is 0.670. The standard InChI is InChI=1S/C29H42BN3O4/c1-11-24(27(4,5)6)33(26(35)21-15-18(2)14-19(3)16-21)32-25(34)20-12-13-22(23(31)17-20)30-36-28(7,8)29(9,10)37-30/h12-17,24H,11,31H2,1-10H3,(H,32,34). The lowest BCUT2D eigenvalue weighted by molar-refractivity contribution is 0.00578. The van der Waals surface area contributed by atoms with Crippen LogP contribution in [0.15, 0.2) is 36.4 Å². The molecule has 1 aliphatic heterocycles. The van der Waals surface area contributed by atoms with Gasteiger partial charge in [0.05, 0.1) is 17.2 Å². The van der Waals surface area contributed by atoms with E-state index in [-0.39, 0.29) is 17.4 Å². The van der Waals surface area contributed by atoms with E-state index in [1.165, 1.54) is 5.01 Å². The van der Waals surface area contributed by atoms with E-state index in [2.05, 4.69) is 26.2 Å². The second-order valence-electron chi connectivity index (χ2n) is 12.2. The number of aryl methyl sites for hydroxylation is 2. The molecule has 1 saturated heterocycles. The maximum Gasteiger partial charge on any atom is 0.496 e. The molecule has 1 atom stereocenters. The number of anilines is 1. The molecule has 37 heavy (non-hydrogen) atoms. The Hall–Kier alpha value is -2.84. The molecule has 0 saturated carbocycles. The van der Waals surface area contributed by atoms with Crippen molar-refractivity contribution in [3.05, 3.63) is 58.7 Å².